The molecule has 1 aromatic rings. The molecular formula is C15H22N2O2. The maximum absolute atomic E-state index is 12.4. The summed E-state index contributed by atoms with van der Waals surface area (Å²) < 4.78 is 5.17. The lowest BCUT2D eigenvalue weighted by molar-refractivity contribution is -0.122. The molecule has 1 heterocycles. The van der Waals surface area contributed by atoms with Crippen LogP contribution in [0.4, 0.5) is 5.69 Å². The molecular weight excluding hydrogens is 240 g/mol. The van der Waals surface area contributed by atoms with Gasteiger partial charge in [-0.1, -0.05) is 0 Å². The summed E-state index contributed by atoms with van der Waals surface area (Å²) in [5.74, 6) is 0.845. The van der Waals surface area contributed by atoms with E-state index in [0.717, 1.165) is 42.8 Å². The van der Waals surface area contributed by atoms with Gasteiger partial charge in [0, 0.05) is 5.69 Å². The molecule has 4 heteroatoms. The minimum Gasteiger partial charge on any atom is -0.497 e. The number of benzene rings is 1. The number of carbonyl (C=O) groups excluding carboxylic acids is 1. The van der Waals surface area contributed by atoms with E-state index in [2.05, 4.69) is 10.6 Å². The number of carbonyl (C=O) groups is 1. The number of aryl methyl sites for hydroxylation is 1. The van der Waals surface area contributed by atoms with Gasteiger partial charge in [-0.3, -0.25) is 4.79 Å². The number of ether oxygens (including phenoxy) is 1. The van der Waals surface area contributed by atoms with Crippen molar-refractivity contribution < 1.29 is 9.53 Å². The molecule has 1 atom stereocenters. The third-order valence-corrected chi connectivity index (χ3v) is 3.80. The average molecular weight is 262 g/mol. The maximum Gasteiger partial charge on any atom is 0.244 e. The highest BCUT2D eigenvalue weighted by molar-refractivity contribution is 5.98. The van der Waals surface area contributed by atoms with Crippen LogP contribution in [0.1, 0.15) is 31.7 Å². The normalized spacial score (nSPS) is 22.9. The molecule has 1 aliphatic rings. The van der Waals surface area contributed by atoms with E-state index in [-0.39, 0.29) is 5.91 Å². The molecule has 1 unspecified atom stereocenters. The largest absolute Gasteiger partial charge is 0.497 e. The molecule has 0 spiro atoms. The van der Waals surface area contributed by atoms with Crippen LogP contribution >= 0.6 is 0 Å². The Morgan fingerprint density at radius 1 is 1.42 bits per heavy atom. The fraction of sp³-hybridized carbons (Fsp3) is 0.533. The van der Waals surface area contributed by atoms with E-state index in [1.165, 1.54) is 0 Å². The predicted molar refractivity (Wildman–Crippen MR) is 76.6 cm³/mol. The number of anilines is 1. The fourth-order valence-electron chi connectivity index (χ4n) is 2.41. The number of piperidine rings is 1. The Kier molecular flexibility index (Phi) is 4.10. The summed E-state index contributed by atoms with van der Waals surface area (Å²) in [6.07, 6.45) is 3.12. The Morgan fingerprint density at radius 2 is 2.21 bits per heavy atom. The van der Waals surface area contributed by atoms with Gasteiger partial charge < -0.3 is 15.4 Å². The van der Waals surface area contributed by atoms with E-state index in [4.69, 9.17) is 4.74 Å². The Balaban J connectivity index is 2.10. The van der Waals surface area contributed by atoms with Gasteiger partial charge in [0.1, 0.15) is 5.75 Å². The van der Waals surface area contributed by atoms with Gasteiger partial charge in [-0.2, -0.15) is 0 Å². The summed E-state index contributed by atoms with van der Waals surface area (Å²) in [5.41, 5.74) is 1.40. The number of methoxy groups -OCH3 is 1. The lowest BCUT2D eigenvalue weighted by Gasteiger charge is -2.33. The van der Waals surface area contributed by atoms with Crippen LogP contribution in [0.3, 0.4) is 0 Å². The second-order valence-electron chi connectivity index (χ2n) is 5.35. The first-order valence-electron chi connectivity index (χ1n) is 6.76. The van der Waals surface area contributed by atoms with Crippen molar-refractivity contribution in [3.63, 3.8) is 0 Å². The Morgan fingerprint density at radius 3 is 2.79 bits per heavy atom. The van der Waals surface area contributed by atoms with Gasteiger partial charge >= 0.3 is 0 Å². The molecule has 0 saturated carbocycles. The van der Waals surface area contributed by atoms with Gasteiger partial charge in [0.05, 0.1) is 12.6 Å². The summed E-state index contributed by atoms with van der Waals surface area (Å²) in [5, 5.41) is 6.34. The van der Waals surface area contributed by atoms with Crippen LogP contribution in [0.5, 0.6) is 5.75 Å². The van der Waals surface area contributed by atoms with Crippen molar-refractivity contribution in [2.75, 3.05) is 19.0 Å². The molecule has 0 aromatic heterocycles. The lowest BCUT2D eigenvalue weighted by Crippen LogP contribution is -2.54. The van der Waals surface area contributed by atoms with Crippen LogP contribution in [0.25, 0.3) is 0 Å². The maximum atomic E-state index is 12.4. The Bertz CT molecular complexity index is 465. The van der Waals surface area contributed by atoms with E-state index in [0.29, 0.717) is 0 Å². The van der Waals surface area contributed by atoms with Gasteiger partial charge in [0.15, 0.2) is 0 Å². The highest BCUT2D eigenvalue weighted by atomic mass is 16.5. The highest BCUT2D eigenvalue weighted by Gasteiger charge is 2.34. The van der Waals surface area contributed by atoms with Crippen LogP contribution in [-0.4, -0.2) is 25.1 Å². The van der Waals surface area contributed by atoms with E-state index >= 15 is 0 Å². The zero-order valence-electron chi connectivity index (χ0n) is 11.9. The lowest BCUT2D eigenvalue weighted by atomic mass is 9.90. The summed E-state index contributed by atoms with van der Waals surface area (Å²) in [7, 11) is 1.64. The first-order valence-corrected chi connectivity index (χ1v) is 6.76. The van der Waals surface area contributed by atoms with Crippen molar-refractivity contribution in [3.05, 3.63) is 23.8 Å². The van der Waals surface area contributed by atoms with Crippen molar-refractivity contribution in [1.82, 2.24) is 5.32 Å². The van der Waals surface area contributed by atoms with Crippen molar-refractivity contribution in [2.45, 2.75) is 38.6 Å². The van der Waals surface area contributed by atoms with Crippen LogP contribution in [0.2, 0.25) is 0 Å². The summed E-state index contributed by atoms with van der Waals surface area (Å²) in [6.45, 7) is 4.85. The number of hydrogen-bond donors (Lipinski definition) is 2. The molecule has 1 aliphatic heterocycles. The van der Waals surface area contributed by atoms with Crippen LogP contribution in [0, 0.1) is 6.92 Å². The standard InChI is InChI=1S/C15H22N2O2/c1-11-10-12(19-3)6-7-13(11)17-14(18)15(2)8-4-5-9-16-15/h6-7,10,16H,4-5,8-9H2,1-3H3,(H,17,18). The van der Waals surface area contributed by atoms with E-state index < -0.39 is 5.54 Å². The number of hydrogen-bond acceptors (Lipinski definition) is 3. The van der Waals surface area contributed by atoms with E-state index in [1.807, 2.05) is 32.0 Å². The minimum atomic E-state index is -0.454. The molecule has 19 heavy (non-hydrogen) atoms. The van der Waals surface area contributed by atoms with Crippen LogP contribution in [0.15, 0.2) is 18.2 Å². The van der Waals surface area contributed by atoms with Crippen molar-refractivity contribution in [1.29, 1.82) is 0 Å². The quantitative estimate of drug-likeness (QED) is 0.880. The topological polar surface area (TPSA) is 50.4 Å². The summed E-state index contributed by atoms with van der Waals surface area (Å²) in [4.78, 5) is 12.4. The molecule has 1 amide bonds. The van der Waals surface area contributed by atoms with Crippen LogP contribution < -0.4 is 15.4 Å². The van der Waals surface area contributed by atoms with E-state index in [9.17, 15) is 4.79 Å². The second kappa shape index (κ2) is 5.61. The van der Waals surface area contributed by atoms with Gasteiger partial charge in [-0.15, -0.1) is 0 Å². The number of rotatable bonds is 3. The van der Waals surface area contributed by atoms with Crippen LogP contribution in [-0.2, 0) is 4.79 Å². The molecule has 104 valence electrons. The third kappa shape index (κ3) is 3.07. The molecule has 2 rings (SSSR count). The van der Waals surface area contributed by atoms with Gasteiger partial charge in [0.2, 0.25) is 5.91 Å². The zero-order valence-corrected chi connectivity index (χ0v) is 11.9. The fourth-order valence-corrected chi connectivity index (χ4v) is 2.41. The monoisotopic (exact) mass is 262 g/mol. The SMILES string of the molecule is COc1ccc(NC(=O)C2(C)CCCCN2)c(C)c1. The molecule has 0 radical (unpaired) electrons. The molecule has 1 aromatic carbocycles. The number of nitrogens with one attached hydrogen (secondary N) is 2. The van der Waals surface area contributed by atoms with Crippen molar-refractivity contribution in [2.24, 2.45) is 0 Å². The molecule has 1 fully saturated rings. The van der Waals surface area contributed by atoms with Gasteiger partial charge in [0.25, 0.3) is 0 Å². The second-order valence-corrected chi connectivity index (χ2v) is 5.35. The van der Waals surface area contributed by atoms with Gasteiger partial charge in [-0.25, -0.2) is 0 Å². The predicted octanol–water partition coefficient (Wildman–Crippen LogP) is 2.47. The van der Waals surface area contributed by atoms with Crippen molar-refractivity contribution in [3.8, 4) is 5.75 Å². The zero-order chi connectivity index (χ0) is 13.9. The summed E-state index contributed by atoms with van der Waals surface area (Å²) >= 11 is 0. The number of amides is 1. The van der Waals surface area contributed by atoms with E-state index in [1.54, 1.807) is 7.11 Å². The molecule has 0 bridgehead atoms. The summed E-state index contributed by atoms with van der Waals surface area (Å²) in [6, 6.07) is 5.67. The smallest absolute Gasteiger partial charge is 0.244 e. The first kappa shape index (κ1) is 13.9. The first-order chi connectivity index (χ1) is 9.05. The molecule has 1 saturated heterocycles. The van der Waals surface area contributed by atoms with Gasteiger partial charge in [-0.05, 0) is 63.4 Å². The molecule has 2 N–H and O–H groups in total. The molecule has 0 aliphatic carbocycles. The Hall–Kier alpha value is -1.55. The third-order valence-electron chi connectivity index (χ3n) is 3.80. The molecule has 4 nitrogen and oxygen atoms in total. The van der Waals surface area contributed by atoms with Crippen molar-refractivity contribution >= 4 is 11.6 Å². The minimum absolute atomic E-state index is 0.0421. The highest BCUT2D eigenvalue weighted by Crippen LogP contribution is 2.24. The Labute approximate surface area is 114 Å². The average Bonchev–Trinajstić information content (AvgIpc) is 2.41.